The molecule has 2 N–H and O–H groups in total. The van der Waals surface area contributed by atoms with Crippen molar-refractivity contribution in [3.05, 3.63) is 22.1 Å². The number of primary amides is 1. The van der Waals surface area contributed by atoms with Gasteiger partial charge in [0.2, 0.25) is 5.91 Å². The maximum absolute atomic E-state index is 13.0. The number of rotatable bonds is 2. The number of carbonyl (C=O) groups is 1. The number of carbonyl (C=O) groups excluding carboxylic acids is 1. The second-order valence-electron chi connectivity index (χ2n) is 2.80. The summed E-state index contributed by atoms with van der Waals surface area (Å²) in [6.45, 7) is 0. The minimum atomic E-state index is -1.32. The lowest BCUT2D eigenvalue weighted by Gasteiger charge is -2.18. The lowest BCUT2D eigenvalue weighted by molar-refractivity contribution is -0.115. The van der Waals surface area contributed by atoms with Crippen LogP contribution in [-0.4, -0.2) is 18.1 Å². The van der Waals surface area contributed by atoms with Crippen molar-refractivity contribution in [3.8, 4) is 0 Å². The normalized spacial score (nSPS) is 27.3. The van der Waals surface area contributed by atoms with Gasteiger partial charge in [0.1, 0.15) is 6.17 Å². The summed E-state index contributed by atoms with van der Waals surface area (Å²) < 4.78 is 13.0. The first-order chi connectivity index (χ1) is 6.15. The van der Waals surface area contributed by atoms with E-state index in [4.69, 9.17) is 11.3 Å². The van der Waals surface area contributed by atoms with Crippen molar-refractivity contribution >= 4 is 5.91 Å². The van der Waals surface area contributed by atoms with Gasteiger partial charge in [-0.15, -0.1) is 0 Å². The highest BCUT2D eigenvalue weighted by atomic mass is 19.1. The molecule has 13 heavy (non-hydrogen) atoms. The Labute approximate surface area is 74.0 Å². The SMILES string of the molecule is [N-]=[N+]=NC1C=C(C(N)=O)C(F)CC1. The van der Waals surface area contributed by atoms with Crippen LogP contribution in [0.2, 0.25) is 0 Å². The number of alkyl halides is 1. The monoisotopic (exact) mass is 184 g/mol. The van der Waals surface area contributed by atoms with Crippen LogP contribution in [0.1, 0.15) is 12.8 Å². The molecule has 0 aromatic rings. The highest BCUT2D eigenvalue weighted by Crippen LogP contribution is 2.23. The zero-order valence-electron chi connectivity index (χ0n) is 6.85. The van der Waals surface area contributed by atoms with E-state index in [-0.39, 0.29) is 12.0 Å². The molecular weight excluding hydrogens is 175 g/mol. The van der Waals surface area contributed by atoms with Crippen molar-refractivity contribution in [1.82, 2.24) is 0 Å². The fourth-order valence-corrected chi connectivity index (χ4v) is 1.26. The largest absolute Gasteiger partial charge is 0.366 e. The number of hydrogen-bond acceptors (Lipinski definition) is 2. The standard InChI is InChI=1S/C7H9FN4O/c8-6-2-1-4(11-12-10)3-5(6)7(9)13/h3-4,6H,1-2H2,(H2,9,13). The van der Waals surface area contributed by atoms with Gasteiger partial charge in [-0.3, -0.25) is 4.79 Å². The summed E-state index contributed by atoms with van der Waals surface area (Å²) >= 11 is 0. The molecule has 0 spiro atoms. The van der Waals surface area contributed by atoms with Gasteiger partial charge in [-0.05, 0) is 18.4 Å². The first-order valence-electron chi connectivity index (χ1n) is 3.85. The van der Waals surface area contributed by atoms with E-state index in [1.807, 2.05) is 0 Å². The topological polar surface area (TPSA) is 91.8 Å². The molecule has 70 valence electrons. The molecule has 0 saturated heterocycles. The average molecular weight is 184 g/mol. The molecule has 1 aliphatic carbocycles. The summed E-state index contributed by atoms with van der Waals surface area (Å²) in [6, 6.07) is -0.445. The molecule has 2 atom stereocenters. The van der Waals surface area contributed by atoms with E-state index in [1.54, 1.807) is 0 Å². The first-order valence-corrected chi connectivity index (χ1v) is 3.85. The smallest absolute Gasteiger partial charge is 0.247 e. The summed E-state index contributed by atoms with van der Waals surface area (Å²) in [5, 5.41) is 3.38. The minimum absolute atomic E-state index is 0.0800. The van der Waals surface area contributed by atoms with Crippen LogP contribution in [0.25, 0.3) is 10.4 Å². The van der Waals surface area contributed by atoms with Crippen LogP contribution in [0.3, 0.4) is 0 Å². The van der Waals surface area contributed by atoms with Crippen LogP contribution in [0.4, 0.5) is 4.39 Å². The number of halogens is 1. The van der Waals surface area contributed by atoms with Gasteiger partial charge >= 0.3 is 0 Å². The quantitative estimate of drug-likeness (QED) is 0.390. The summed E-state index contributed by atoms with van der Waals surface area (Å²) in [4.78, 5) is 13.3. The lowest BCUT2D eigenvalue weighted by atomic mass is 9.94. The van der Waals surface area contributed by atoms with Crippen molar-refractivity contribution < 1.29 is 9.18 Å². The van der Waals surface area contributed by atoms with E-state index in [2.05, 4.69) is 10.0 Å². The second-order valence-corrected chi connectivity index (χ2v) is 2.80. The molecule has 0 fully saturated rings. The molecule has 0 aromatic heterocycles. The van der Waals surface area contributed by atoms with Gasteiger partial charge in [-0.25, -0.2) is 4.39 Å². The Morgan fingerprint density at radius 3 is 3.00 bits per heavy atom. The Morgan fingerprint density at radius 2 is 2.46 bits per heavy atom. The Balaban J connectivity index is 2.87. The number of azide groups is 1. The van der Waals surface area contributed by atoms with E-state index >= 15 is 0 Å². The van der Waals surface area contributed by atoms with Crippen LogP contribution < -0.4 is 5.73 Å². The van der Waals surface area contributed by atoms with Crippen LogP contribution in [0.15, 0.2) is 16.8 Å². The van der Waals surface area contributed by atoms with E-state index in [0.29, 0.717) is 6.42 Å². The summed E-state index contributed by atoms with van der Waals surface area (Å²) in [7, 11) is 0. The third kappa shape index (κ3) is 2.19. The Morgan fingerprint density at radius 1 is 1.77 bits per heavy atom. The third-order valence-corrected chi connectivity index (χ3v) is 1.91. The molecule has 2 unspecified atom stereocenters. The number of hydrogen-bond donors (Lipinski definition) is 1. The van der Waals surface area contributed by atoms with Crippen LogP contribution in [0.5, 0.6) is 0 Å². The highest BCUT2D eigenvalue weighted by Gasteiger charge is 2.25. The van der Waals surface area contributed by atoms with Gasteiger partial charge in [-0.2, -0.15) is 0 Å². The second kappa shape index (κ2) is 3.91. The fourth-order valence-electron chi connectivity index (χ4n) is 1.26. The van der Waals surface area contributed by atoms with E-state index in [0.717, 1.165) is 0 Å². The first kappa shape index (κ1) is 9.54. The molecule has 0 aliphatic heterocycles. The van der Waals surface area contributed by atoms with Crippen molar-refractivity contribution in [3.63, 3.8) is 0 Å². The molecular formula is C7H9FN4O. The van der Waals surface area contributed by atoms with Gasteiger partial charge in [-0.1, -0.05) is 11.2 Å². The molecule has 0 saturated carbocycles. The highest BCUT2D eigenvalue weighted by molar-refractivity contribution is 5.93. The maximum atomic E-state index is 13.0. The molecule has 5 nitrogen and oxygen atoms in total. The summed E-state index contributed by atoms with van der Waals surface area (Å²) in [5.74, 6) is -0.787. The van der Waals surface area contributed by atoms with Crippen molar-refractivity contribution in [2.75, 3.05) is 0 Å². The fraction of sp³-hybridized carbons (Fsp3) is 0.571. The zero-order chi connectivity index (χ0) is 9.84. The lowest BCUT2D eigenvalue weighted by Crippen LogP contribution is -2.27. The summed E-state index contributed by atoms with van der Waals surface area (Å²) in [5.41, 5.74) is 13.0. The van der Waals surface area contributed by atoms with Gasteiger partial charge < -0.3 is 5.73 Å². The van der Waals surface area contributed by atoms with Crippen molar-refractivity contribution in [1.29, 1.82) is 0 Å². The summed E-state index contributed by atoms with van der Waals surface area (Å²) in [6.07, 6.45) is 0.582. The van der Waals surface area contributed by atoms with Crippen LogP contribution in [0, 0.1) is 0 Å². The molecule has 1 amide bonds. The predicted molar refractivity (Wildman–Crippen MR) is 44.3 cm³/mol. The third-order valence-electron chi connectivity index (χ3n) is 1.91. The van der Waals surface area contributed by atoms with Gasteiger partial charge in [0.05, 0.1) is 6.04 Å². The Hall–Kier alpha value is -1.55. The molecule has 0 heterocycles. The van der Waals surface area contributed by atoms with Crippen molar-refractivity contribution in [2.45, 2.75) is 25.1 Å². The molecule has 0 radical (unpaired) electrons. The van der Waals surface area contributed by atoms with Gasteiger partial charge in [0.15, 0.2) is 0 Å². The van der Waals surface area contributed by atoms with Crippen molar-refractivity contribution in [2.24, 2.45) is 10.8 Å². The Kier molecular flexibility index (Phi) is 2.87. The zero-order valence-corrected chi connectivity index (χ0v) is 6.85. The van der Waals surface area contributed by atoms with E-state index < -0.39 is 18.1 Å². The molecule has 1 aliphatic rings. The molecule has 1 rings (SSSR count). The van der Waals surface area contributed by atoms with Crippen LogP contribution >= 0.6 is 0 Å². The number of amides is 1. The predicted octanol–water partition coefficient (Wildman–Crippen LogP) is 1.21. The Bertz CT molecular complexity index is 295. The number of nitrogens with two attached hydrogens (primary N) is 1. The molecule has 0 bridgehead atoms. The number of nitrogens with zero attached hydrogens (tertiary/aromatic N) is 3. The van der Waals surface area contributed by atoms with E-state index in [1.165, 1.54) is 6.08 Å². The molecule has 0 aromatic carbocycles. The maximum Gasteiger partial charge on any atom is 0.247 e. The molecule has 6 heteroatoms. The average Bonchev–Trinajstić information content (AvgIpc) is 2.08. The van der Waals surface area contributed by atoms with Gasteiger partial charge in [0.25, 0.3) is 0 Å². The van der Waals surface area contributed by atoms with E-state index in [9.17, 15) is 9.18 Å². The van der Waals surface area contributed by atoms with Crippen LogP contribution in [-0.2, 0) is 4.79 Å². The minimum Gasteiger partial charge on any atom is -0.366 e. The van der Waals surface area contributed by atoms with Gasteiger partial charge in [0, 0.05) is 10.5 Å².